The van der Waals surface area contributed by atoms with E-state index in [9.17, 15) is 9.18 Å². The van der Waals surface area contributed by atoms with Crippen LogP contribution in [0.25, 0.3) is 0 Å². The highest BCUT2D eigenvalue weighted by Gasteiger charge is 2.26. The standard InChI is InChI=1S/C24H35FN4OS/c1-18(2)23-26-22(17-31-23)24(30)29(13-12-27(3)4)15-19-8-7-11-28(14-19)16-20-9-5-6-10-21(20)25/h5-6,9-10,17-19H,7-8,11-16H2,1-4H3/t19-/m1/s1. The number of carbonyl (C=O) groups is 1. The molecule has 3 rings (SSSR count). The SMILES string of the molecule is CC(C)c1nc(C(=O)N(CCN(C)C)C[C@@H]2CCCN(Cc3ccccc3F)C2)cs1. The molecule has 0 unspecified atom stereocenters. The molecule has 1 aliphatic rings. The van der Waals surface area contributed by atoms with Crippen LogP contribution in [0.4, 0.5) is 4.39 Å². The predicted molar refractivity (Wildman–Crippen MR) is 125 cm³/mol. The first-order chi connectivity index (χ1) is 14.8. The molecule has 1 amide bonds. The summed E-state index contributed by atoms with van der Waals surface area (Å²) in [6.07, 6.45) is 2.16. The number of nitrogens with zero attached hydrogens (tertiary/aromatic N) is 4. The Hall–Kier alpha value is -1.83. The van der Waals surface area contributed by atoms with Crippen molar-refractivity contribution in [3.05, 3.63) is 51.7 Å². The van der Waals surface area contributed by atoms with Crippen LogP contribution in [-0.2, 0) is 6.54 Å². The molecule has 0 radical (unpaired) electrons. The fourth-order valence-corrected chi connectivity index (χ4v) is 4.84. The van der Waals surface area contributed by atoms with Crippen LogP contribution in [0.2, 0.25) is 0 Å². The van der Waals surface area contributed by atoms with Crippen molar-refractivity contribution in [2.24, 2.45) is 5.92 Å². The second-order valence-corrected chi connectivity index (χ2v) is 10.0. The third-order valence-electron chi connectivity index (χ3n) is 5.77. The van der Waals surface area contributed by atoms with Gasteiger partial charge in [-0.1, -0.05) is 32.0 Å². The van der Waals surface area contributed by atoms with Crippen molar-refractivity contribution >= 4 is 17.2 Å². The molecule has 1 aliphatic heterocycles. The van der Waals surface area contributed by atoms with Gasteiger partial charge in [0.2, 0.25) is 0 Å². The van der Waals surface area contributed by atoms with E-state index in [0.717, 1.165) is 49.6 Å². The van der Waals surface area contributed by atoms with E-state index in [1.807, 2.05) is 36.5 Å². The summed E-state index contributed by atoms with van der Waals surface area (Å²) in [7, 11) is 4.05. The molecule has 1 aromatic heterocycles. The second-order valence-electron chi connectivity index (χ2n) is 9.11. The molecule has 7 heteroatoms. The highest BCUT2D eigenvalue weighted by molar-refractivity contribution is 7.09. The number of benzene rings is 1. The summed E-state index contributed by atoms with van der Waals surface area (Å²) in [6.45, 7) is 8.90. The molecular formula is C24H35FN4OS. The zero-order valence-corrected chi connectivity index (χ0v) is 20.0. The molecule has 0 bridgehead atoms. The Labute approximate surface area is 189 Å². The number of piperidine rings is 1. The number of rotatable bonds is 9. The van der Waals surface area contributed by atoms with Gasteiger partial charge in [0.05, 0.1) is 5.01 Å². The van der Waals surface area contributed by atoms with E-state index in [2.05, 4.69) is 28.6 Å². The van der Waals surface area contributed by atoms with E-state index in [0.29, 0.717) is 30.6 Å². The van der Waals surface area contributed by atoms with Crippen LogP contribution in [0.1, 0.15) is 53.7 Å². The Morgan fingerprint density at radius 3 is 2.74 bits per heavy atom. The number of likely N-dealkylation sites (N-methyl/N-ethyl adjacent to an activating group) is 1. The van der Waals surface area contributed by atoms with Crippen LogP contribution in [0.3, 0.4) is 0 Å². The smallest absolute Gasteiger partial charge is 0.273 e. The van der Waals surface area contributed by atoms with E-state index < -0.39 is 0 Å². The highest BCUT2D eigenvalue weighted by Crippen LogP contribution is 2.23. The minimum Gasteiger partial charge on any atom is -0.336 e. The topological polar surface area (TPSA) is 39.7 Å². The number of thiazole rings is 1. The van der Waals surface area contributed by atoms with Crippen molar-refractivity contribution in [3.63, 3.8) is 0 Å². The van der Waals surface area contributed by atoms with Crippen molar-refractivity contribution in [3.8, 4) is 0 Å². The van der Waals surface area contributed by atoms with Gasteiger partial charge >= 0.3 is 0 Å². The maximum Gasteiger partial charge on any atom is 0.273 e. The van der Waals surface area contributed by atoms with E-state index in [-0.39, 0.29) is 11.7 Å². The summed E-state index contributed by atoms with van der Waals surface area (Å²) in [4.78, 5) is 24.3. The first-order valence-electron chi connectivity index (χ1n) is 11.2. The summed E-state index contributed by atoms with van der Waals surface area (Å²) in [6, 6.07) is 7.01. The molecule has 170 valence electrons. The monoisotopic (exact) mass is 446 g/mol. The molecule has 1 aromatic carbocycles. The lowest BCUT2D eigenvalue weighted by Gasteiger charge is -2.36. The number of hydrogen-bond acceptors (Lipinski definition) is 5. The highest BCUT2D eigenvalue weighted by atomic mass is 32.1. The van der Waals surface area contributed by atoms with Gasteiger partial charge in [-0.15, -0.1) is 11.3 Å². The third-order valence-corrected chi connectivity index (χ3v) is 6.92. The average Bonchev–Trinajstić information content (AvgIpc) is 3.23. The Balaban J connectivity index is 1.66. The number of amides is 1. The van der Waals surface area contributed by atoms with Gasteiger partial charge < -0.3 is 9.80 Å². The Kier molecular flexibility index (Phi) is 8.58. The average molecular weight is 447 g/mol. The first-order valence-corrected chi connectivity index (χ1v) is 12.1. The number of likely N-dealkylation sites (tertiary alicyclic amines) is 1. The van der Waals surface area contributed by atoms with Crippen molar-refractivity contribution in [1.82, 2.24) is 19.7 Å². The lowest BCUT2D eigenvalue weighted by atomic mass is 9.96. The quantitative estimate of drug-likeness (QED) is 0.575. The molecule has 0 saturated carbocycles. The van der Waals surface area contributed by atoms with Crippen LogP contribution >= 0.6 is 11.3 Å². The maximum absolute atomic E-state index is 14.1. The van der Waals surface area contributed by atoms with Crippen molar-refractivity contribution in [2.45, 2.75) is 39.2 Å². The van der Waals surface area contributed by atoms with Crippen molar-refractivity contribution < 1.29 is 9.18 Å². The van der Waals surface area contributed by atoms with E-state index in [1.165, 1.54) is 6.07 Å². The van der Waals surface area contributed by atoms with Crippen molar-refractivity contribution in [2.75, 3.05) is 46.8 Å². The largest absolute Gasteiger partial charge is 0.336 e. The minimum absolute atomic E-state index is 0.0243. The molecule has 1 saturated heterocycles. The van der Waals surface area contributed by atoms with Crippen molar-refractivity contribution in [1.29, 1.82) is 0 Å². The zero-order chi connectivity index (χ0) is 22.4. The Morgan fingerprint density at radius 1 is 1.29 bits per heavy atom. The van der Waals surface area contributed by atoms with Gasteiger partial charge in [0.15, 0.2) is 0 Å². The fourth-order valence-electron chi connectivity index (χ4n) is 4.03. The Bertz CT molecular complexity index is 854. The molecule has 0 N–H and O–H groups in total. The summed E-state index contributed by atoms with van der Waals surface area (Å²) >= 11 is 1.56. The van der Waals surface area contributed by atoms with E-state index in [4.69, 9.17) is 0 Å². The lowest BCUT2D eigenvalue weighted by Crippen LogP contribution is -2.44. The van der Waals surface area contributed by atoms with Crippen LogP contribution < -0.4 is 0 Å². The van der Waals surface area contributed by atoms with Crippen LogP contribution in [0, 0.1) is 11.7 Å². The number of hydrogen-bond donors (Lipinski definition) is 0. The molecule has 0 spiro atoms. The number of carbonyl (C=O) groups excluding carboxylic acids is 1. The van der Waals surface area contributed by atoms with E-state index in [1.54, 1.807) is 17.4 Å². The second kappa shape index (κ2) is 11.2. The third kappa shape index (κ3) is 6.82. The maximum atomic E-state index is 14.1. The van der Waals surface area contributed by atoms with Gasteiger partial charge in [0.1, 0.15) is 11.5 Å². The molecule has 1 atom stereocenters. The molecule has 2 aromatic rings. The molecule has 31 heavy (non-hydrogen) atoms. The van der Waals surface area contributed by atoms with Crippen LogP contribution in [0.15, 0.2) is 29.6 Å². The molecular weight excluding hydrogens is 411 g/mol. The van der Waals surface area contributed by atoms with Crippen LogP contribution in [-0.4, -0.2) is 72.4 Å². The van der Waals surface area contributed by atoms with E-state index >= 15 is 0 Å². The zero-order valence-electron chi connectivity index (χ0n) is 19.2. The molecule has 5 nitrogen and oxygen atoms in total. The molecule has 1 fully saturated rings. The summed E-state index contributed by atoms with van der Waals surface area (Å²) < 4.78 is 14.1. The Morgan fingerprint density at radius 2 is 2.06 bits per heavy atom. The van der Waals surface area contributed by atoms with Crippen LogP contribution in [0.5, 0.6) is 0 Å². The summed E-state index contributed by atoms with van der Waals surface area (Å²) in [5.41, 5.74) is 1.30. The fraction of sp³-hybridized carbons (Fsp3) is 0.583. The number of aromatic nitrogens is 1. The first kappa shape index (κ1) is 23.8. The van der Waals surface area contributed by atoms with Gasteiger partial charge in [-0.05, 0) is 45.5 Å². The molecule has 2 heterocycles. The summed E-state index contributed by atoms with van der Waals surface area (Å²) in [5, 5.41) is 2.90. The van der Waals surface area contributed by atoms with Gasteiger partial charge in [-0.25, -0.2) is 9.37 Å². The van der Waals surface area contributed by atoms with Gasteiger partial charge in [-0.3, -0.25) is 9.69 Å². The van der Waals surface area contributed by atoms with Gasteiger partial charge in [0, 0.05) is 49.6 Å². The number of halogens is 1. The van der Waals surface area contributed by atoms with Gasteiger partial charge in [0.25, 0.3) is 5.91 Å². The lowest BCUT2D eigenvalue weighted by molar-refractivity contribution is 0.0655. The normalized spacial score (nSPS) is 17.5. The molecule has 0 aliphatic carbocycles. The predicted octanol–water partition coefficient (Wildman–Crippen LogP) is 4.32. The summed E-state index contributed by atoms with van der Waals surface area (Å²) in [5.74, 6) is 0.593. The van der Waals surface area contributed by atoms with Gasteiger partial charge in [-0.2, -0.15) is 0 Å². The minimum atomic E-state index is -0.142.